The maximum atomic E-state index is 11.3. The Morgan fingerprint density at radius 2 is 2.24 bits per heavy atom. The maximum Gasteiger partial charge on any atom is 0.152 e. The van der Waals surface area contributed by atoms with Gasteiger partial charge in [0.1, 0.15) is 5.75 Å². The van der Waals surface area contributed by atoms with E-state index in [0.29, 0.717) is 0 Å². The zero-order chi connectivity index (χ0) is 12.0. The first-order valence-corrected chi connectivity index (χ1v) is 5.91. The molecule has 1 aromatic heterocycles. The first-order valence-electron chi connectivity index (χ1n) is 5.91. The van der Waals surface area contributed by atoms with Crippen molar-refractivity contribution in [2.75, 3.05) is 7.11 Å². The highest BCUT2D eigenvalue weighted by Gasteiger charge is 2.21. The van der Waals surface area contributed by atoms with Gasteiger partial charge in [-0.1, -0.05) is 0 Å². The molecule has 0 spiro atoms. The number of ether oxygens (including phenoxy) is 1. The standard InChI is InChI=1S/C14H15NO2/c1-9-6-13-10(7-14(9)17-2)11(8-16)12-4-3-5-15(12)13/h6-8H,3-5H2,1-2H3. The Morgan fingerprint density at radius 1 is 1.41 bits per heavy atom. The summed E-state index contributed by atoms with van der Waals surface area (Å²) in [5.41, 5.74) is 4.31. The molecule has 0 radical (unpaired) electrons. The van der Waals surface area contributed by atoms with Crippen molar-refractivity contribution in [2.24, 2.45) is 0 Å². The molecular formula is C14H15NO2. The van der Waals surface area contributed by atoms with E-state index < -0.39 is 0 Å². The summed E-state index contributed by atoms with van der Waals surface area (Å²) in [5.74, 6) is 0.852. The quantitative estimate of drug-likeness (QED) is 0.741. The third-order valence-electron chi connectivity index (χ3n) is 3.64. The van der Waals surface area contributed by atoms with Crippen molar-refractivity contribution in [3.05, 3.63) is 29.0 Å². The molecule has 1 aliphatic rings. The summed E-state index contributed by atoms with van der Waals surface area (Å²) in [6.45, 7) is 3.05. The molecule has 3 heteroatoms. The van der Waals surface area contributed by atoms with Crippen LogP contribution in [-0.2, 0) is 13.0 Å². The van der Waals surface area contributed by atoms with Crippen LogP contribution in [0.3, 0.4) is 0 Å². The summed E-state index contributed by atoms with van der Waals surface area (Å²) in [4.78, 5) is 11.3. The number of nitrogens with zero attached hydrogens (tertiary/aromatic N) is 1. The zero-order valence-electron chi connectivity index (χ0n) is 10.1. The molecule has 0 bridgehead atoms. The summed E-state index contributed by atoms with van der Waals surface area (Å²) < 4.78 is 7.60. The molecule has 3 rings (SSSR count). The van der Waals surface area contributed by atoms with Crippen molar-refractivity contribution >= 4 is 17.2 Å². The van der Waals surface area contributed by atoms with Gasteiger partial charge in [-0.2, -0.15) is 0 Å². The van der Waals surface area contributed by atoms with E-state index in [1.807, 2.05) is 13.0 Å². The van der Waals surface area contributed by atoms with Gasteiger partial charge in [-0.3, -0.25) is 4.79 Å². The van der Waals surface area contributed by atoms with Gasteiger partial charge in [0.05, 0.1) is 7.11 Å². The van der Waals surface area contributed by atoms with Crippen LogP contribution in [0.25, 0.3) is 10.9 Å². The lowest BCUT2D eigenvalue weighted by molar-refractivity contribution is 0.112. The highest BCUT2D eigenvalue weighted by Crippen LogP contribution is 2.34. The van der Waals surface area contributed by atoms with Crippen molar-refractivity contribution in [2.45, 2.75) is 26.3 Å². The molecular weight excluding hydrogens is 214 g/mol. The lowest BCUT2D eigenvalue weighted by Crippen LogP contribution is -1.92. The van der Waals surface area contributed by atoms with Crippen LogP contribution in [0, 0.1) is 6.92 Å². The second-order valence-electron chi connectivity index (χ2n) is 4.57. The number of benzene rings is 1. The fourth-order valence-corrected chi connectivity index (χ4v) is 2.84. The van der Waals surface area contributed by atoms with E-state index in [1.54, 1.807) is 7.11 Å². The van der Waals surface area contributed by atoms with Gasteiger partial charge < -0.3 is 9.30 Å². The van der Waals surface area contributed by atoms with Gasteiger partial charge in [-0.15, -0.1) is 0 Å². The average molecular weight is 229 g/mol. The maximum absolute atomic E-state index is 11.3. The highest BCUT2D eigenvalue weighted by atomic mass is 16.5. The minimum absolute atomic E-state index is 0.843. The van der Waals surface area contributed by atoms with Gasteiger partial charge in [0, 0.05) is 28.7 Å². The van der Waals surface area contributed by atoms with Crippen LogP contribution in [0.2, 0.25) is 0 Å². The number of hydrogen-bond acceptors (Lipinski definition) is 2. The molecule has 0 unspecified atom stereocenters. The van der Waals surface area contributed by atoms with Crippen molar-refractivity contribution in [1.29, 1.82) is 0 Å². The normalized spacial score (nSPS) is 14.0. The van der Waals surface area contributed by atoms with E-state index in [9.17, 15) is 4.79 Å². The number of aromatic nitrogens is 1. The Balaban J connectivity index is 2.40. The molecule has 0 aliphatic carbocycles. The first kappa shape index (κ1) is 10.4. The van der Waals surface area contributed by atoms with E-state index >= 15 is 0 Å². The summed E-state index contributed by atoms with van der Waals surface area (Å²) in [7, 11) is 1.67. The van der Waals surface area contributed by atoms with E-state index in [0.717, 1.165) is 53.5 Å². The predicted molar refractivity (Wildman–Crippen MR) is 66.9 cm³/mol. The second-order valence-corrected chi connectivity index (χ2v) is 4.57. The lowest BCUT2D eigenvalue weighted by Gasteiger charge is -2.06. The largest absolute Gasteiger partial charge is 0.496 e. The molecule has 1 aromatic carbocycles. The molecule has 0 fully saturated rings. The molecule has 0 atom stereocenters. The van der Waals surface area contributed by atoms with Crippen molar-refractivity contribution in [3.8, 4) is 5.75 Å². The Hall–Kier alpha value is -1.77. The van der Waals surface area contributed by atoms with Gasteiger partial charge in [0.25, 0.3) is 0 Å². The zero-order valence-corrected chi connectivity index (χ0v) is 10.1. The van der Waals surface area contributed by atoms with E-state index in [1.165, 1.54) is 5.69 Å². The lowest BCUT2D eigenvalue weighted by atomic mass is 10.1. The number of aryl methyl sites for hydroxylation is 2. The molecule has 17 heavy (non-hydrogen) atoms. The molecule has 0 saturated heterocycles. The Kier molecular flexibility index (Phi) is 2.21. The Labute approximate surface area is 100.0 Å². The Morgan fingerprint density at radius 3 is 2.94 bits per heavy atom. The van der Waals surface area contributed by atoms with Crippen molar-refractivity contribution in [1.82, 2.24) is 4.57 Å². The fraction of sp³-hybridized carbons (Fsp3) is 0.357. The molecule has 88 valence electrons. The van der Waals surface area contributed by atoms with Gasteiger partial charge in [0.15, 0.2) is 6.29 Å². The second kappa shape index (κ2) is 3.62. The van der Waals surface area contributed by atoms with Gasteiger partial charge in [-0.05, 0) is 37.5 Å². The van der Waals surface area contributed by atoms with E-state index in [-0.39, 0.29) is 0 Å². The number of fused-ring (bicyclic) bond motifs is 3. The summed E-state index contributed by atoms with van der Waals surface area (Å²) >= 11 is 0. The third kappa shape index (κ3) is 1.32. The van der Waals surface area contributed by atoms with Crippen molar-refractivity contribution in [3.63, 3.8) is 0 Å². The number of rotatable bonds is 2. The molecule has 3 nitrogen and oxygen atoms in total. The van der Waals surface area contributed by atoms with Crippen LogP contribution in [0.4, 0.5) is 0 Å². The van der Waals surface area contributed by atoms with Crippen LogP contribution < -0.4 is 4.74 Å². The SMILES string of the molecule is COc1cc2c(C=O)c3n(c2cc1C)CCC3. The van der Waals surface area contributed by atoms with Gasteiger partial charge in [-0.25, -0.2) is 0 Å². The van der Waals surface area contributed by atoms with Gasteiger partial charge in [0.2, 0.25) is 0 Å². The van der Waals surface area contributed by atoms with Crippen LogP contribution in [-0.4, -0.2) is 18.0 Å². The van der Waals surface area contributed by atoms with Crippen LogP contribution in [0.1, 0.15) is 28.0 Å². The molecule has 1 aliphatic heterocycles. The summed E-state index contributed by atoms with van der Waals surface area (Å²) in [6.07, 6.45) is 3.12. The summed E-state index contributed by atoms with van der Waals surface area (Å²) in [6, 6.07) is 4.11. The monoisotopic (exact) mass is 229 g/mol. The van der Waals surface area contributed by atoms with E-state index in [2.05, 4.69) is 10.6 Å². The highest BCUT2D eigenvalue weighted by molar-refractivity contribution is 6.00. The minimum Gasteiger partial charge on any atom is -0.496 e. The van der Waals surface area contributed by atoms with Crippen LogP contribution in [0.5, 0.6) is 5.75 Å². The van der Waals surface area contributed by atoms with Crippen molar-refractivity contribution < 1.29 is 9.53 Å². The average Bonchev–Trinajstić information content (AvgIpc) is 2.88. The first-order chi connectivity index (χ1) is 8.26. The minimum atomic E-state index is 0.843. The number of methoxy groups -OCH3 is 1. The fourth-order valence-electron chi connectivity index (χ4n) is 2.84. The number of aldehydes is 1. The molecule has 2 heterocycles. The molecule has 0 saturated carbocycles. The number of carbonyl (C=O) groups excluding carboxylic acids is 1. The van der Waals surface area contributed by atoms with Crippen LogP contribution >= 0.6 is 0 Å². The van der Waals surface area contributed by atoms with E-state index in [4.69, 9.17) is 4.74 Å². The van der Waals surface area contributed by atoms with Gasteiger partial charge >= 0.3 is 0 Å². The topological polar surface area (TPSA) is 31.2 Å². The third-order valence-corrected chi connectivity index (χ3v) is 3.64. The van der Waals surface area contributed by atoms with Crippen LogP contribution in [0.15, 0.2) is 12.1 Å². The molecule has 0 N–H and O–H groups in total. The predicted octanol–water partition coefficient (Wildman–Crippen LogP) is 2.72. The molecule has 0 amide bonds. The smallest absolute Gasteiger partial charge is 0.152 e. The Bertz CT molecular complexity index is 610. The summed E-state index contributed by atoms with van der Waals surface area (Å²) in [5, 5.41) is 1.03. The number of hydrogen-bond donors (Lipinski definition) is 0. The number of carbonyl (C=O) groups is 1. The molecule has 2 aromatic rings.